The maximum Gasteiger partial charge on any atom is 0.416 e. The van der Waals surface area contributed by atoms with Crippen molar-refractivity contribution >= 4 is 17.5 Å². The first-order valence-electron chi connectivity index (χ1n) is 9.96. The van der Waals surface area contributed by atoms with Crippen LogP contribution in [-0.2, 0) is 21.3 Å². The van der Waals surface area contributed by atoms with Crippen LogP contribution in [0.2, 0.25) is 0 Å². The van der Waals surface area contributed by atoms with Crippen LogP contribution in [0, 0.1) is 5.82 Å². The molecule has 0 spiro atoms. The summed E-state index contributed by atoms with van der Waals surface area (Å²) in [6, 6.07) is 6.77. The molecule has 2 aromatic carbocycles. The standard InChI is InChI=1S/C22H20F5N3O2/c1-28-19(31)18-10-13(23)11-30(18,2)21(14-5-3-4-6-16(14)24)15-9-12(22(25,26)27)7-8-17(15)29-20(21)32/h3-9,13,18H,10-11H2,1-2H3,(H-,28,29,31,32)/p+1/t13-,18+,21?,30?/m1/s1. The molecule has 0 aromatic heterocycles. The highest BCUT2D eigenvalue weighted by Gasteiger charge is 2.69. The molecule has 0 bridgehead atoms. The average Bonchev–Trinajstić information content (AvgIpc) is 3.20. The number of alkyl halides is 4. The molecule has 0 radical (unpaired) electrons. The lowest BCUT2D eigenvalue weighted by Gasteiger charge is -2.48. The molecule has 0 aliphatic carbocycles. The fraction of sp³-hybridized carbons (Fsp3) is 0.364. The third-order valence-electron chi connectivity index (χ3n) is 6.64. The van der Waals surface area contributed by atoms with Crippen LogP contribution in [0.15, 0.2) is 42.5 Å². The zero-order valence-corrected chi connectivity index (χ0v) is 17.3. The van der Waals surface area contributed by atoms with Gasteiger partial charge in [-0.05, 0) is 30.3 Å². The van der Waals surface area contributed by atoms with E-state index in [0.29, 0.717) is 0 Å². The van der Waals surface area contributed by atoms with Gasteiger partial charge in [0.15, 0.2) is 12.2 Å². The summed E-state index contributed by atoms with van der Waals surface area (Å²) >= 11 is 0. The van der Waals surface area contributed by atoms with Gasteiger partial charge < -0.3 is 10.6 Å². The number of fused-ring (bicyclic) bond motifs is 1. The second-order valence-corrected chi connectivity index (χ2v) is 8.32. The summed E-state index contributed by atoms with van der Waals surface area (Å²) in [7, 11) is 2.76. The third-order valence-corrected chi connectivity index (χ3v) is 6.64. The number of anilines is 1. The van der Waals surface area contributed by atoms with Crippen molar-refractivity contribution in [3.05, 3.63) is 65.0 Å². The van der Waals surface area contributed by atoms with Gasteiger partial charge >= 0.3 is 6.18 Å². The largest absolute Gasteiger partial charge is 0.416 e. The van der Waals surface area contributed by atoms with E-state index in [0.717, 1.165) is 24.3 Å². The van der Waals surface area contributed by atoms with Crippen molar-refractivity contribution in [1.29, 1.82) is 0 Å². The number of carbonyl (C=O) groups is 2. The van der Waals surface area contributed by atoms with Gasteiger partial charge in [0.25, 0.3) is 11.8 Å². The number of nitrogens with one attached hydrogen (secondary N) is 2. The molecule has 2 aliphatic heterocycles. The van der Waals surface area contributed by atoms with Crippen LogP contribution in [0.3, 0.4) is 0 Å². The molecule has 4 rings (SSSR count). The van der Waals surface area contributed by atoms with Crippen LogP contribution >= 0.6 is 0 Å². The number of hydrogen-bond donors (Lipinski definition) is 2. The van der Waals surface area contributed by atoms with Crippen LogP contribution in [-0.4, -0.2) is 49.2 Å². The molecule has 1 saturated heterocycles. The van der Waals surface area contributed by atoms with E-state index in [1.807, 2.05) is 0 Å². The fourth-order valence-electron chi connectivity index (χ4n) is 5.26. The molecule has 2 aliphatic rings. The molecule has 0 saturated carbocycles. The van der Waals surface area contributed by atoms with Gasteiger partial charge in [0.05, 0.1) is 29.4 Å². The summed E-state index contributed by atoms with van der Waals surface area (Å²) in [6.45, 7) is -0.366. The van der Waals surface area contributed by atoms with E-state index in [4.69, 9.17) is 0 Å². The Bertz CT molecular complexity index is 1110. The van der Waals surface area contributed by atoms with Crippen LogP contribution in [0.5, 0.6) is 0 Å². The van der Waals surface area contributed by atoms with Crippen LogP contribution in [0.4, 0.5) is 27.6 Å². The minimum atomic E-state index is -4.73. The lowest BCUT2D eigenvalue weighted by molar-refractivity contribution is -0.953. The van der Waals surface area contributed by atoms with Gasteiger partial charge in [-0.3, -0.25) is 14.1 Å². The molecule has 1 fully saturated rings. The molecule has 2 unspecified atom stereocenters. The molecule has 2 amide bonds. The molecule has 4 atom stereocenters. The first kappa shape index (κ1) is 22.2. The van der Waals surface area contributed by atoms with E-state index in [2.05, 4.69) is 10.6 Å². The van der Waals surface area contributed by atoms with Gasteiger partial charge in [-0.1, -0.05) is 12.1 Å². The number of likely N-dealkylation sites (tertiary alicyclic amines) is 1. The number of benzene rings is 2. The molecule has 2 heterocycles. The summed E-state index contributed by atoms with van der Waals surface area (Å²) in [5.41, 5.74) is -3.45. The Morgan fingerprint density at radius 1 is 1.19 bits per heavy atom. The lowest BCUT2D eigenvalue weighted by Crippen LogP contribution is -2.68. The Labute approximate surface area is 180 Å². The third kappa shape index (κ3) is 2.92. The minimum Gasteiger partial charge on any atom is -0.354 e. The molecule has 170 valence electrons. The predicted octanol–water partition coefficient (Wildman–Crippen LogP) is 3.34. The van der Waals surface area contributed by atoms with Gasteiger partial charge in [-0.15, -0.1) is 0 Å². The van der Waals surface area contributed by atoms with Gasteiger partial charge in [0, 0.05) is 13.5 Å². The number of hydrogen-bond acceptors (Lipinski definition) is 2. The molecular weight excluding hydrogens is 433 g/mol. The second kappa shape index (κ2) is 7.26. The van der Waals surface area contributed by atoms with Gasteiger partial charge in [0.1, 0.15) is 12.4 Å². The number of likely N-dealkylation sites (N-methyl/N-ethyl adjacent to an activating group) is 2. The highest BCUT2D eigenvalue weighted by molar-refractivity contribution is 6.07. The number of quaternary nitrogens is 1. The second-order valence-electron chi connectivity index (χ2n) is 8.32. The zero-order chi connectivity index (χ0) is 23.5. The highest BCUT2D eigenvalue weighted by Crippen LogP contribution is 2.54. The molecule has 32 heavy (non-hydrogen) atoms. The van der Waals surface area contributed by atoms with Gasteiger partial charge in [-0.25, -0.2) is 8.78 Å². The number of halogens is 5. The van der Waals surface area contributed by atoms with Crippen LogP contribution in [0.25, 0.3) is 0 Å². The Balaban J connectivity index is 2.11. The Hall–Kier alpha value is -3.01. The number of rotatable bonds is 3. The van der Waals surface area contributed by atoms with E-state index in [1.165, 1.54) is 32.3 Å². The lowest BCUT2D eigenvalue weighted by atomic mass is 9.78. The Morgan fingerprint density at radius 2 is 1.88 bits per heavy atom. The highest BCUT2D eigenvalue weighted by atomic mass is 19.4. The van der Waals surface area contributed by atoms with E-state index < -0.39 is 51.6 Å². The van der Waals surface area contributed by atoms with Gasteiger partial charge in [0.2, 0.25) is 5.54 Å². The van der Waals surface area contributed by atoms with Crippen LogP contribution < -0.4 is 10.6 Å². The number of amides is 2. The molecule has 2 aromatic rings. The van der Waals surface area contributed by atoms with Crippen molar-refractivity contribution in [2.24, 2.45) is 0 Å². The van der Waals surface area contributed by atoms with Crippen molar-refractivity contribution in [3.8, 4) is 0 Å². The summed E-state index contributed by atoms with van der Waals surface area (Å²) in [6.07, 6.45) is -6.50. The smallest absolute Gasteiger partial charge is 0.354 e. The van der Waals surface area contributed by atoms with Crippen molar-refractivity contribution in [2.45, 2.75) is 30.3 Å². The quantitative estimate of drug-likeness (QED) is 0.552. The normalized spacial score (nSPS) is 29.5. The maximum absolute atomic E-state index is 15.2. The van der Waals surface area contributed by atoms with E-state index in [1.54, 1.807) is 0 Å². The monoisotopic (exact) mass is 454 g/mol. The SMILES string of the molecule is CNC(=O)[C@@H]1C[C@@H](F)C[N+]1(C)C1(c2ccccc2F)C(=O)Nc2ccc(C(F)(F)F)cc21. The van der Waals surface area contributed by atoms with Gasteiger partial charge in [-0.2, -0.15) is 13.2 Å². The summed E-state index contributed by atoms with van der Waals surface area (Å²) in [5, 5.41) is 4.98. The maximum atomic E-state index is 15.2. The Morgan fingerprint density at radius 3 is 2.50 bits per heavy atom. The zero-order valence-electron chi connectivity index (χ0n) is 17.3. The molecule has 10 heteroatoms. The summed E-state index contributed by atoms with van der Waals surface area (Å²) < 4.78 is 70.1. The first-order valence-corrected chi connectivity index (χ1v) is 9.96. The molecule has 5 nitrogen and oxygen atoms in total. The van der Waals surface area contributed by atoms with E-state index >= 15 is 4.39 Å². The van der Waals surface area contributed by atoms with E-state index in [9.17, 15) is 27.2 Å². The van der Waals surface area contributed by atoms with Crippen molar-refractivity contribution in [3.63, 3.8) is 0 Å². The average molecular weight is 454 g/mol. The number of carbonyl (C=O) groups excluding carboxylic acids is 2. The summed E-state index contributed by atoms with van der Waals surface area (Å²) in [5.74, 6) is -2.25. The predicted molar refractivity (Wildman–Crippen MR) is 106 cm³/mol. The number of nitrogens with zero attached hydrogens (tertiary/aromatic N) is 1. The molecule has 2 N–H and O–H groups in total. The summed E-state index contributed by atoms with van der Waals surface area (Å²) in [4.78, 5) is 26.3. The topological polar surface area (TPSA) is 58.2 Å². The van der Waals surface area contributed by atoms with Crippen molar-refractivity contribution < 1.29 is 36.0 Å². The van der Waals surface area contributed by atoms with Crippen molar-refractivity contribution in [1.82, 2.24) is 5.32 Å². The Kier molecular flexibility index (Phi) is 5.04. The van der Waals surface area contributed by atoms with E-state index in [-0.39, 0.29) is 29.8 Å². The van der Waals surface area contributed by atoms with Crippen LogP contribution in [0.1, 0.15) is 23.1 Å². The van der Waals surface area contributed by atoms with Crippen molar-refractivity contribution in [2.75, 3.05) is 26.0 Å². The first-order chi connectivity index (χ1) is 15.0. The fourth-order valence-corrected chi connectivity index (χ4v) is 5.26. The minimum absolute atomic E-state index is 0.0589. The molecular formula is C22H21F5N3O2+.